The van der Waals surface area contributed by atoms with Gasteiger partial charge >= 0.3 is 0 Å². The Morgan fingerprint density at radius 3 is 2.39 bits per heavy atom. The zero-order valence-electron chi connectivity index (χ0n) is 11.0. The van der Waals surface area contributed by atoms with Crippen LogP contribution in [0.5, 0.6) is 0 Å². The van der Waals surface area contributed by atoms with Crippen molar-refractivity contribution in [2.24, 2.45) is 0 Å². The summed E-state index contributed by atoms with van der Waals surface area (Å²) in [4.78, 5) is 0. The Kier molecular flexibility index (Phi) is 3.72. The molecule has 3 heteroatoms. The molecule has 18 heavy (non-hydrogen) atoms. The third kappa shape index (κ3) is 2.57. The van der Waals surface area contributed by atoms with Gasteiger partial charge in [0.25, 0.3) is 0 Å². The van der Waals surface area contributed by atoms with E-state index in [0.717, 1.165) is 28.9 Å². The Morgan fingerprint density at radius 1 is 1.11 bits per heavy atom. The maximum atomic E-state index is 10.5. The van der Waals surface area contributed by atoms with E-state index in [0.29, 0.717) is 0 Å². The molecule has 0 spiro atoms. The second kappa shape index (κ2) is 5.27. The summed E-state index contributed by atoms with van der Waals surface area (Å²) < 4.78 is 0. The summed E-state index contributed by atoms with van der Waals surface area (Å²) in [5.74, 6) is 0. The first-order valence-corrected chi connectivity index (χ1v) is 6.19. The van der Waals surface area contributed by atoms with Gasteiger partial charge in [-0.3, -0.25) is 0 Å². The van der Waals surface area contributed by atoms with Crippen molar-refractivity contribution in [3.63, 3.8) is 0 Å². The number of aryl methyl sites for hydroxylation is 3. The Morgan fingerprint density at radius 2 is 1.78 bits per heavy atom. The predicted molar refractivity (Wildman–Crippen MR) is 71.4 cm³/mol. The van der Waals surface area contributed by atoms with Crippen molar-refractivity contribution >= 4 is 0 Å². The van der Waals surface area contributed by atoms with Gasteiger partial charge in [-0.25, -0.2) is 0 Å². The average molecular weight is 242 g/mol. The van der Waals surface area contributed by atoms with Crippen LogP contribution >= 0.6 is 0 Å². The smallest absolute Gasteiger partial charge is 0.106 e. The van der Waals surface area contributed by atoms with Gasteiger partial charge in [0.05, 0.1) is 11.4 Å². The molecule has 0 aliphatic rings. The number of hydrogen-bond donors (Lipinski definition) is 1. The van der Waals surface area contributed by atoms with Crippen molar-refractivity contribution < 1.29 is 5.11 Å². The third-order valence-corrected chi connectivity index (χ3v) is 3.05. The maximum absolute atomic E-state index is 10.5. The SMILES string of the molecule is CCc1nnc(C)cc1C(O)c1ccc(C)cc1. The van der Waals surface area contributed by atoms with Crippen molar-refractivity contribution in [2.75, 3.05) is 0 Å². The van der Waals surface area contributed by atoms with Crippen molar-refractivity contribution in [3.8, 4) is 0 Å². The van der Waals surface area contributed by atoms with Gasteiger partial charge in [0.1, 0.15) is 6.10 Å². The van der Waals surface area contributed by atoms with Crippen LogP contribution in [0.4, 0.5) is 0 Å². The molecule has 1 N–H and O–H groups in total. The van der Waals surface area contributed by atoms with Crippen molar-refractivity contribution in [1.82, 2.24) is 10.2 Å². The Labute approximate surface area is 108 Å². The standard InChI is InChI=1S/C15H18N2O/c1-4-14-13(9-11(3)16-17-14)15(18)12-7-5-10(2)6-8-12/h5-9,15,18H,4H2,1-3H3. The largest absolute Gasteiger partial charge is 0.384 e. The summed E-state index contributed by atoms with van der Waals surface area (Å²) in [5, 5.41) is 18.6. The molecule has 1 heterocycles. The number of nitrogens with zero attached hydrogens (tertiary/aromatic N) is 2. The lowest BCUT2D eigenvalue weighted by molar-refractivity contribution is 0.218. The number of aliphatic hydroxyl groups is 1. The number of aliphatic hydroxyl groups excluding tert-OH is 1. The van der Waals surface area contributed by atoms with Crippen LogP contribution in [0, 0.1) is 13.8 Å². The first kappa shape index (κ1) is 12.7. The maximum Gasteiger partial charge on any atom is 0.106 e. The molecule has 0 saturated carbocycles. The van der Waals surface area contributed by atoms with Gasteiger partial charge < -0.3 is 5.11 Å². The fraction of sp³-hybridized carbons (Fsp3) is 0.333. The highest BCUT2D eigenvalue weighted by molar-refractivity contribution is 5.34. The van der Waals surface area contributed by atoms with E-state index in [9.17, 15) is 5.11 Å². The van der Waals surface area contributed by atoms with E-state index in [-0.39, 0.29) is 0 Å². The molecule has 1 aromatic carbocycles. The van der Waals surface area contributed by atoms with Gasteiger partial charge in [0, 0.05) is 5.56 Å². The molecule has 0 amide bonds. The van der Waals surface area contributed by atoms with Crippen LogP contribution in [-0.4, -0.2) is 15.3 Å². The average Bonchev–Trinajstić information content (AvgIpc) is 2.39. The highest BCUT2D eigenvalue weighted by Gasteiger charge is 2.15. The summed E-state index contributed by atoms with van der Waals surface area (Å²) in [6.45, 7) is 5.94. The summed E-state index contributed by atoms with van der Waals surface area (Å²) in [6.07, 6.45) is 0.140. The fourth-order valence-corrected chi connectivity index (χ4v) is 1.97. The number of rotatable bonds is 3. The normalized spacial score (nSPS) is 12.4. The molecule has 94 valence electrons. The minimum absolute atomic E-state index is 0.630. The zero-order chi connectivity index (χ0) is 13.1. The van der Waals surface area contributed by atoms with Crippen LogP contribution in [0.15, 0.2) is 30.3 Å². The Balaban J connectivity index is 2.41. The van der Waals surface area contributed by atoms with Crippen LogP contribution < -0.4 is 0 Å². The van der Waals surface area contributed by atoms with E-state index in [2.05, 4.69) is 10.2 Å². The second-order valence-corrected chi connectivity index (χ2v) is 4.55. The van der Waals surface area contributed by atoms with E-state index in [1.54, 1.807) is 0 Å². The summed E-state index contributed by atoms with van der Waals surface area (Å²) >= 11 is 0. The molecule has 1 atom stereocenters. The van der Waals surface area contributed by atoms with E-state index in [1.165, 1.54) is 5.56 Å². The predicted octanol–water partition coefficient (Wildman–Crippen LogP) is 2.74. The monoisotopic (exact) mass is 242 g/mol. The molecule has 3 nitrogen and oxygen atoms in total. The van der Waals surface area contributed by atoms with Crippen molar-refractivity contribution in [1.29, 1.82) is 0 Å². The molecule has 1 unspecified atom stereocenters. The summed E-state index contributed by atoms with van der Waals surface area (Å²) in [6, 6.07) is 9.83. The molecule has 0 aliphatic carbocycles. The molecule has 2 aromatic rings. The van der Waals surface area contributed by atoms with E-state index in [1.807, 2.05) is 51.1 Å². The first-order valence-electron chi connectivity index (χ1n) is 6.19. The first-order chi connectivity index (χ1) is 8.61. The quantitative estimate of drug-likeness (QED) is 0.900. The molecule has 0 saturated heterocycles. The topological polar surface area (TPSA) is 46.0 Å². The van der Waals surface area contributed by atoms with Crippen molar-refractivity contribution in [2.45, 2.75) is 33.3 Å². The van der Waals surface area contributed by atoms with Crippen LogP contribution in [0.1, 0.15) is 41.1 Å². The number of hydrogen-bond acceptors (Lipinski definition) is 3. The molecule has 0 bridgehead atoms. The minimum atomic E-state index is -0.630. The third-order valence-electron chi connectivity index (χ3n) is 3.05. The fourth-order valence-electron chi connectivity index (χ4n) is 1.97. The second-order valence-electron chi connectivity index (χ2n) is 4.55. The molecule has 0 radical (unpaired) electrons. The van der Waals surface area contributed by atoms with Gasteiger partial charge in [0.2, 0.25) is 0 Å². The van der Waals surface area contributed by atoms with Crippen molar-refractivity contribution in [3.05, 3.63) is 58.4 Å². The van der Waals surface area contributed by atoms with Gasteiger partial charge in [-0.1, -0.05) is 36.8 Å². The highest BCUT2D eigenvalue weighted by Crippen LogP contribution is 2.24. The number of aromatic nitrogens is 2. The van der Waals surface area contributed by atoms with Gasteiger partial charge in [-0.15, -0.1) is 0 Å². The molecule has 2 rings (SSSR count). The minimum Gasteiger partial charge on any atom is -0.384 e. The van der Waals surface area contributed by atoms with E-state index < -0.39 is 6.10 Å². The van der Waals surface area contributed by atoms with Crippen LogP contribution in [0.3, 0.4) is 0 Å². The Hall–Kier alpha value is -1.74. The van der Waals surface area contributed by atoms with Gasteiger partial charge in [0.15, 0.2) is 0 Å². The lowest BCUT2D eigenvalue weighted by Crippen LogP contribution is -2.07. The number of benzene rings is 1. The molecule has 0 fully saturated rings. The van der Waals surface area contributed by atoms with Gasteiger partial charge in [-0.2, -0.15) is 10.2 Å². The van der Waals surface area contributed by atoms with Crippen LogP contribution in [0.2, 0.25) is 0 Å². The van der Waals surface area contributed by atoms with E-state index >= 15 is 0 Å². The molecular formula is C15H18N2O. The lowest BCUT2D eigenvalue weighted by atomic mass is 9.98. The lowest BCUT2D eigenvalue weighted by Gasteiger charge is -2.15. The summed E-state index contributed by atoms with van der Waals surface area (Å²) in [5.41, 5.74) is 4.62. The Bertz CT molecular complexity index is 535. The van der Waals surface area contributed by atoms with E-state index in [4.69, 9.17) is 0 Å². The summed E-state index contributed by atoms with van der Waals surface area (Å²) in [7, 11) is 0. The molecular weight excluding hydrogens is 224 g/mol. The molecule has 0 aliphatic heterocycles. The van der Waals surface area contributed by atoms with Gasteiger partial charge in [-0.05, 0) is 31.9 Å². The zero-order valence-corrected chi connectivity index (χ0v) is 11.0. The van der Waals surface area contributed by atoms with Crippen LogP contribution in [0.25, 0.3) is 0 Å². The molecule has 1 aromatic heterocycles. The van der Waals surface area contributed by atoms with Crippen LogP contribution in [-0.2, 0) is 6.42 Å². The highest BCUT2D eigenvalue weighted by atomic mass is 16.3.